The molecule has 4 nitrogen and oxygen atoms in total. The van der Waals surface area contributed by atoms with Gasteiger partial charge < -0.3 is 10.2 Å². The Bertz CT molecular complexity index is 721. The van der Waals surface area contributed by atoms with Gasteiger partial charge in [-0.05, 0) is 37.1 Å². The molecule has 1 fully saturated rings. The van der Waals surface area contributed by atoms with Crippen molar-refractivity contribution >= 4 is 11.8 Å². The minimum atomic E-state index is -0.826. The number of nitrogens with one attached hydrogen (secondary N) is 1. The van der Waals surface area contributed by atoms with Gasteiger partial charge >= 0.3 is 0 Å². The van der Waals surface area contributed by atoms with Gasteiger partial charge in [0.25, 0.3) is 5.91 Å². The predicted octanol–water partition coefficient (Wildman–Crippen LogP) is 2.70. The summed E-state index contributed by atoms with van der Waals surface area (Å²) in [4.78, 5) is 26.4. The molecule has 0 radical (unpaired) electrons. The lowest BCUT2D eigenvalue weighted by atomic mass is 9.97. The molecule has 4 heteroatoms. The minimum Gasteiger partial charge on any atom is -0.352 e. The lowest BCUT2D eigenvalue weighted by Crippen LogP contribution is -2.63. The number of hydrogen-bond acceptors (Lipinski definition) is 2. The van der Waals surface area contributed by atoms with Gasteiger partial charge in [-0.3, -0.25) is 9.59 Å². The molecule has 0 atom stereocenters. The van der Waals surface area contributed by atoms with Crippen LogP contribution in [0.1, 0.15) is 24.2 Å². The van der Waals surface area contributed by atoms with Crippen LogP contribution in [0.3, 0.4) is 0 Å². The van der Waals surface area contributed by atoms with Crippen LogP contribution in [0.2, 0.25) is 0 Å². The Balaban J connectivity index is 1.85. The standard InChI is InChI=1S/C19H20N2O2/c1-19(2)18(23)20-12-13-21(19)17(22)16-10-8-15(9-11-16)14-6-4-3-5-7-14/h3-11H,12-13H2,1-2H3,(H,20,23). The van der Waals surface area contributed by atoms with E-state index in [0.29, 0.717) is 18.7 Å². The van der Waals surface area contributed by atoms with Crippen molar-refractivity contribution < 1.29 is 9.59 Å². The van der Waals surface area contributed by atoms with E-state index >= 15 is 0 Å². The van der Waals surface area contributed by atoms with Crippen molar-refractivity contribution in [1.29, 1.82) is 0 Å². The van der Waals surface area contributed by atoms with Crippen molar-refractivity contribution in [3.63, 3.8) is 0 Å². The molecule has 1 N–H and O–H groups in total. The second-order valence-electron chi connectivity index (χ2n) is 6.22. The normalized spacial score (nSPS) is 16.8. The number of piperazine rings is 1. The molecule has 1 saturated heterocycles. The summed E-state index contributed by atoms with van der Waals surface area (Å²) in [5, 5.41) is 2.81. The van der Waals surface area contributed by atoms with E-state index in [0.717, 1.165) is 11.1 Å². The summed E-state index contributed by atoms with van der Waals surface area (Å²) in [6.07, 6.45) is 0. The van der Waals surface area contributed by atoms with Crippen molar-refractivity contribution in [2.75, 3.05) is 13.1 Å². The third kappa shape index (κ3) is 2.84. The number of amides is 2. The SMILES string of the molecule is CC1(C)C(=O)NCCN1C(=O)c1ccc(-c2ccccc2)cc1. The molecule has 2 aromatic rings. The van der Waals surface area contributed by atoms with E-state index in [1.54, 1.807) is 18.7 Å². The zero-order valence-electron chi connectivity index (χ0n) is 13.4. The molecule has 0 aromatic heterocycles. The molecule has 1 aliphatic heterocycles. The van der Waals surface area contributed by atoms with Crippen molar-refractivity contribution in [3.8, 4) is 11.1 Å². The molecule has 1 aliphatic rings. The highest BCUT2D eigenvalue weighted by molar-refractivity contribution is 6.00. The molecule has 2 aromatic carbocycles. The Hall–Kier alpha value is -2.62. The molecular formula is C19H20N2O2. The van der Waals surface area contributed by atoms with E-state index in [9.17, 15) is 9.59 Å². The van der Waals surface area contributed by atoms with Crippen molar-refractivity contribution in [1.82, 2.24) is 10.2 Å². The average Bonchev–Trinajstić information content (AvgIpc) is 2.58. The number of benzene rings is 2. The molecule has 0 saturated carbocycles. The van der Waals surface area contributed by atoms with E-state index in [-0.39, 0.29) is 11.8 Å². The van der Waals surface area contributed by atoms with Crippen molar-refractivity contribution in [2.24, 2.45) is 0 Å². The van der Waals surface area contributed by atoms with Crippen LogP contribution in [0.5, 0.6) is 0 Å². The number of carbonyl (C=O) groups is 2. The maximum absolute atomic E-state index is 12.8. The number of rotatable bonds is 2. The number of nitrogens with zero attached hydrogens (tertiary/aromatic N) is 1. The third-order valence-corrected chi connectivity index (χ3v) is 4.34. The Kier molecular flexibility index (Phi) is 3.90. The van der Waals surface area contributed by atoms with Crippen molar-refractivity contribution in [2.45, 2.75) is 19.4 Å². The minimum absolute atomic E-state index is 0.107. The lowest BCUT2D eigenvalue weighted by Gasteiger charge is -2.41. The molecular weight excluding hydrogens is 288 g/mol. The third-order valence-electron chi connectivity index (χ3n) is 4.34. The molecule has 1 heterocycles. The van der Waals surface area contributed by atoms with Crippen LogP contribution >= 0.6 is 0 Å². The van der Waals surface area contributed by atoms with Crippen molar-refractivity contribution in [3.05, 3.63) is 60.2 Å². The second-order valence-corrected chi connectivity index (χ2v) is 6.22. The summed E-state index contributed by atoms with van der Waals surface area (Å²) in [7, 11) is 0. The van der Waals surface area contributed by atoms with Gasteiger partial charge in [-0.1, -0.05) is 42.5 Å². The smallest absolute Gasteiger partial charge is 0.254 e. The predicted molar refractivity (Wildman–Crippen MR) is 90.0 cm³/mol. The lowest BCUT2D eigenvalue weighted by molar-refractivity contribution is -0.133. The van der Waals surface area contributed by atoms with E-state index in [4.69, 9.17) is 0 Å². The average molecular weight is 308 g/mol. The maximum atomic E-state index is 12.8. The molecule has 0 spiro atoms. The van der Waals surface area contributed by atoms with E-state index in [1.165, 1.54) is 0 Å². The van der Waals surface area contributed by atoms with Crippen LogP contribution in [-0.4, -0.2) is 35.3 Å². The molecule has 23 heavy (non-hydrogen) atoms. The van der Waals surface area contributed by atoms with E-state index in [1.807, 2.05) is 54.6 Å². The fraction of sp³-hybridized carbons (Fsp3) is 0.263. The van der Waals surface area contributed by atoms with E-state index < -0.39 is 5.54 Å². The topological polar surface area (TPSA) is 49.4 Å². The van der Waals surface area contributed by atoms with Crippen LogP contribution < -0.4 is 5.32 Å². The number of carbonyl (C=O) groups excluding carboxylic acids is 2. The van der Waals surface area contributed by atoms with Crippen LogP contribution in [0, 0.1) is 0 Å². The molecule has 0 unspecified atom stereocenters. The van der Waals surface area contributed by atoms with Gasteiger partial charge in [-0.2, -0.15) is 0 Å². The monoisotopic (exact) mass is 308 g/mol. The van der Waals surface area contributed by atoms with E-state index in [2.05, 4.69) is 5.32 Å². The Labute approximate surface area is 136 Å². The zero-order valence-corrected chi connectivity index (χ0v) is 13.4. The van der Waals surface area contributed by atoms with Crippen LogP contribution in [-0.2, 0) is 4.79 Å². The molecule has 0 aliphatic carbocycles. The van der Waals surface area contributed by atoms with Gasteiger partial charge in [-0.15, -0.1) is 0 Å². The van der Waals surface area contributed by atoms with Gasteiger partial charge in [0.05, 0.1) is 0 Å². The van der Waals surface area contributed by atoms with Gasteiger partial charge in [0, 0.05) is 18.7 Å². The summed E-state index contributed by atoms with van der Waals surface area (Å²) in [5.74, 6) is -0.220. The van der Waals surface area contributed by atoms with Gasteiger partial charge in [0.1, 0.15) is 5.54 Å². The first kappa shape index (κ1) is 15.3. The fourth-order valence-electron chi connectivity index (χ4n) is 2.85. The highest BCUT2D eigenvalue weighted by atomic mass is 16.2. The molecule has 2 amide bonds. The van der Waals surface area contributed by atoms with Gasteiger partial charge in [-0.25, -0.2) is 0 Å². The first-order chi connectivity index (χ1) is 11.0. The fourth-order valence-corrected chi connectivity index (χ4v) is 2.85. The molecule has 118 valence electrons. The quantitative estimate of drug-likeness (QED) is 0.927. The molecule has 3 rings (SSSR count). The van der Waals surface area contributed by atoms with Gasteiger partial charge in [0.15, 0.2) is 0 Å². The van der Waals surface area contributed by atoms with Gasteiger partial charge in [0.2, 0.25) is 5.91 Å². The van der Waals surface area contributed by atoms with Crippen LogP contribution in [0.4, 0.5) is 0 Å². The Morgan fingerprint density at radius 2 is 1.61 bits per heavy atom. The number of hydrogen-bond donors (Lipinski definition) is 1. The Morgan fingerprint density at radius 3 is 2.26 bits per heavy atom. The highest BCUT2D eigenvalue weighted by Crippen LogP contribution is 2.23. The first-order valence-corrected chi connectivity index (χ1v) is 7.76. The zero-order chi connectivity index (χ0) is 16.4. The maximum Gasteiger partial charge on any atom is 0.254 e. The highest BCUT2D eigenvalue weighted by Gasteiger charge is 2.40. The largest absolute Gasteiger partial charge is 0.352 e. The van der Waals surface area contributed by atoms with Crippen LogP contribution in [0.25, 0.3) is 11.1 Å². The van der Waals surface area contributed by atoms with Crippen LogP contribution in [0.15, 0.2) is 54.6 Å². The summed E-state index contributed by atoms with van der Waals surface area (Å²) < 4.78 is 0. The summed E-state index contributed by atoms with van der Waals surface area (Å²) >= 11 is 0. The first-order valence-electron chi connectivity index (χ1n) is 7.76. The molecule has 0 bridgehead atoms. The summed E-state index contributed by atoms with van der Waals surface area (Å²) in [6, 6.07) is 17.6. The summed E-state index contributed by atoms with van der Waals surface area (Å²) in [6.45, 7) is 4.57. The Morgan fingerprint density at radius 1 is 1.00 bits per heavy atom. The summed E-state index contributed by atoms with van der Waals surface area (Å²) in [5.41, 5.74) is 1.96. The second kappa shape index (κ2) is 5.88.